The molecule has 0 aliphatic carbocycles. The number of nitrogens with one attached hydrogen (secondary N) is 2. The van der Waals surface area contributed by atoms with Gasteiger partial charge in [-0.1, -0.05) is 0 Å². The number of carbonyl (C=O) groups is 1. The van der Waals surface area contributed by atoms with E-state index < -0.39 is 17.8 Å². The van der Waals surface area contributed by atoms with Gasteiger partial charge in [-0.3, -0.25) is 4.79 Å². The largest absolute Gasteiger partial charge is 0.416 e. The van der Waals surface area contributed by atoms with Crippen molar-refractivity contribution in [2.45, 2.75) is 26.1 Å². The van der Waals surface area contributed by atoms with Gasteiger partial charge < -0.3 is 15.5 Å². The Morgan fingerprint density at radius 3 is 2.38 bits per heavy atom. The lowest BCUT2D eigenvalue weighted by Gasteiger charge is -2.19. The molecule has 118 valence electrons. The van der Waals surface area contributed by atoms with E-state index in [2.05, 4.69) is 15.6 Å². The highest BCUT2D eigenvalue weighted by Crippen LogP contribution is 2.32. The maximum atomic E-state index is 12.9. The lowest BCUT2D eigenvalue weighted by atomic mass is 10.2. The molecule has 1 rings (SSSR count). The molecule has 1 atom stereocenters. The number of alkyl halides is 3. The van der Waals surface area contributed by atoms with Gasteiger partial charge in [-0.25, -0.2) is 4.98 Å². The molecule has 8 heteroatoms. The van der Waals surface area contributed by atoms with E-state index in [-0.39, 0.29) is 17.5 Å². The first-order valence-corrected chi connectivity index (χ1v) is 6.46. The number of carbonyl (C=O) groups excluding carboxylic acids is 1. The van der Waals surface area contributed by atoms with Crippen LogP contribution in [0.2, 0.25) is 0 Å². The minimum Gasteiger partial charge on any atom is -0.370 e. The van der Waals surface area contributed by atoms with Crippen molar-refractivity contribution >= 4 is 17.5 Å². The fourth-order valence-corrected chi connectivity index (χ4v) is 1.71. The Balaban J connectivity index is 3.06. The van der Waals surface area contributed by atoms with Gasteiger partial charge in [0.2, 0.25) is 5.91 Å². The second-order valence-corrected chi connectivity index (χ2v) is 4.75. The molecule has 0 aliphatic rings. The van der Waals surface area contributed by atoms with Gasteiger partial charge in [0.05, 0.1) is 5.56 Å². The summed E-state index contributed by atoms with van der Waals surface area (Å²) in [5.74, 6) is -0.137. The SMILES string of the molecule is CCNc1cc(C(F)(F)F)cc(NC(C)C(=O)N(C)C)n1. The van der Waals surface area contributed by atoms with E-state index in [0.717, 1.165) is 12.1 Å². The number of hydrogen-bond acceptors (Lipinski definition) is 4. The number of anilines is 2. The van der Waals surface area contributed by atoms with Crippen LogP contribution in [-0.4, -0.2) is 42.5 Å². The molecular formula is C13H19F3N4O. The van der Waals surface area contributed by atoms with Crippen LogP contribution in [0.4, 0.5) is 24.8 Å². The molecule has 0 spiro atoms. The molecule has 1 heterocycles. The summed E-state index contributed by atoms with van der Waals surface area (Å²) >= 11 is 0. The van der Waals surface area contributed by atoms with Gasteiger partial charge in [0, 0.05) is 20.6 Å². The standard InChI is InChI=1S/C13H19F3N4O/c1-5-17-10-6-9(13(14,15)16)7-11(19-10)18-8(2)12(21)20(3)4/h6-8H,5H2,1-4H3,(H2,17,18,19). The fraction of sp³-hybridized carbons (Fsp3) is 0.538. The molecule has 1 amide bonds. The second kappa shape index (κ2) is 6.64. The Hall–Kier alpha value is -1.99. The Morgan fingerprint density at radius 1 is 1.33 bits per heavy atom. The first-order valence-electron chi connectivity index (χ1n) is 6.46. The van der Waals surface area contributed by atoms with E-state index in [1.165, 1.54) is 4.90 Å². The van der Waals surface area contributed by atoms with Gasteiger partial charge >= 0.3 is 6.18 Å². The monoisotopic (exact) mass is 304 g/mol. The molecule has 1 unspecified atom stereocenters. The van der Waals surface area contributed by atoms with Crippen LogP contribution < -0.4 is 10.6 Å². The van der Waals surface area contributed by atoms with Crippen molar-refractivity contribution in [1.29, 1.82) is 0 Å². The highest BCUT2D eigenvalue weighted by molar-refractivity contribution is 5.83. The topological polar surface area (TPSA) is 57.3 Å². The molecule has 0 aromatic carbocycles. The van der Waals surface area contributed by atoms with Crippen LogP contribution >= 0.6 is 0 Å². The molecule has 0 fully saturated rings. The summed E-state index contributed by atoms with van der Waals surface area (Å²) in [6.07, 6.45) is -4.47. The zero-order valence-electron chi connectivity index (χ0n) is 12.4. The zero-order valence-corrected chi connectivity index (χ0v) is 12.4. The number of likely N-dealkylation sites (N-methyl/N-ethyl adjacent to an activating group) is 1. The van der Waals surface area contributed by atoms with Gasteiger partial charge in [-0.2, -0.15) is 13.2 Å². The quantitative estimate of drug-likeness (QED) is 0.877. The molecule has 0 aliphatic heterocycles. The molecule has 0 radical (unpaired) electrons. The smallest absolute Gasteiger partial charge is 0.370 e. The normalized spacial score (nSPS) is 12.7. The summed E-state index contributed by atoms with van der Waals surface area (Å²) in [5, 5.41) is 5.43. The Kier molecular flexibility index (Phi) is 5.40. The van der Waals surface area contributed by atoms with Gasteiger partial charge in [0.25, 0.3) is 0 Å². The van der Waals surface area contributed by atoms with Crippen molar-refractivity contribution in [3.8, 4) is 0 Å². The molecule has 2 N–H and O–H groups in total. The van der Waals surface area contributed by atoms with Crippen molar-refractivity contribution in [2.24, 2.45) is 0 Å². The summed E-state index contributed by atoms with van der Waals surface area (Å²) < 4.78 is 38.6. The Bertz CT molecular complexity index is 503. The minimum atomic E-state index is -4.47. The van der Waals surface area contributed by atoms with Crippen molar-refractivity contribution < 1.29 is 18.0 Å². The van der Waals surface area contributed by atoms with E-state index >= 15 is 0 Å². The van der Waals surface area contributed by atoms with E-state index in [0.29, 0.717) is 6.54 Å². The third-order valence-corrected chi connectivity index (χ3v) is 2.69. The van der Waals surface area contributed by atoms with Crippen molar-refractivity contribution in [1.82, 2.24) is 9.88 Å². The molecule has 0 saturated heterocycles. The summed E-state index contributed by atoms with van der Waals surface area (Å²) in [6, 6.07) is 1.15. The highest BCUT2D eigenvalue weighted by atomic mass is 19.4. The number of nitrogens with zero attached hydrogens (tertiary/aromatic N) is 2. The average molecular weight is 304 g/mol. The van der Waals surface area contributed by atoms with Crippen LogP contribution in [0.3, 0.4) is 0 Å². The lowest BCUT2D eigenvalue weighted by molar-refractivity contribution is -0.137. The number of hydrogen-bond donors (Lipinski definition) is 2. The van der Waals surface area contributed by atoms with Gasteiger partial charge in [0.15, 0.2) is 0 Å². The van der Waals surface area contributed by atoms with E-state index in [9.17, 15) is 18.0 Å². The van der Waals surface area contributed by atoms with Crippen LogP contribution in [0.5, 0.6) is 0 Å². The predicted octanol–water partition coefficient (Wildman–Crippen LogP) is 2.42. The molecule has 1 aromatic rings. The minimum absolute atomic E-state index is 0.00322. The number of amides is 1. The van der Waals surface area contributed by atoms with E-state index in [1.807, 2.05) is 0 Å². The number of halogens is 3. The Morgan fingerprint density at radius 2 is 1.90 bits per heavy atom. The van der Waals surface area contributed by atoms with Crippen LogP contribution in [0.1, 0.15) is 19.4 Å². The molecular weight excluding hydrogens is 285 g/mol. The number of aromatic nitrogens is 1. The number of rotatable bonds is 5. The number of pyridine rings is 1. The third kappa shape index (κ3) is 4.80. The maximum absolute atomic E-state index is 12.9. The van der Waals surface area contributed by atoms with Gasteiger partial charge in [-0.05, 0) is 26.0 Å². The van der Waals surface area contributed by atoms with E-state index in [1.54, 1.807) is 27.9 Å². The highest BCUT2D eigenvalue weighted by Gasteiger charge is 2.32. The summed E-state index contributed by atoms with van der Waals surface area (Å²) in [7, 11) is 3.15. The van der Waals surface area contributed by atoms with Gasteiger partial charge in [-0.15, -0.1) is 0 Å². The third-order valence-electron chi connectivity index (χ3n) is 2.69. The van der Waals surface area contributed by atoms with Crippen LogP contribution in [0, 0.1) is 0 Å². The zero-order chi connectivity index (χ0) is 16.2. The molecule has 0 bridgehead atoms. The lowest BCUT2D eigenvalue weighted by Crippen LogP contribution is -2.36. The predicted molar refractivity (Wildman–Crippen MR) is 75.2 cm³/mol. The van der Waals surface area contributed by atoms with E-state index in [4.69, 9.17) is 0 Å². The first kappa shape index (κ1) is 17.1. The maximum Gasteiger partial charge on any atom is 0.416 e. The van der Waals surface area contributed by atoms with Crippen LogP contribution in [0.25, 0.3) is 0 Å². The van der Waals surface area contributed by atoms with Crippen molar-refractivity contribution in [3.63, 3.8) is 0 Å². The Labute approximate surface area is 121 Å². The van der Waals surface area contributed by atoms with Crippen molar-refractivity contribution in [3.05, 3.63) is 17.7 Å². The van der Waals surface area contributed by atoms with Crippen LogP contribution in [0.15, 0.2) is 12.1 Å². The average Bonchev–Trinajstić information content (AvgIpc) is 2.36. The molecule has 5 nitrogen and oxygen atoms in total. The van der Waals surface area contributed by atoms with Crippen molar-refractivity contribution in [2.75, 3.05) is 31.3 Å². The second-order valence-electron chi connectivity index (χ2n) is 4.75. The molecule has 21 heavy (non-hydrogen) atoms. The van der Waals surface area contributed by atoms with Crippen LogP contribution in [-0.2, 0) is 11.0 Å². The molecule has 1 aromatic heterocycles. The summed E-state index contributed by atoms with van der Waals surface area (Å²) in [6.45, 7) is 3.77. The summed E-state index contributed by atoms with van der Waals surface area (Å²) in [4.78, 5) is 17.1. The summed E-state index contributed by atoms with van der Waals surface area (Å²) in [5.41, 5.74) is -0.819. The molecule has 0 saturated carbocycles. The fourth-order valence-electron chi connectivity index (χ4n) is 1.71. The van der Waals surface area contributed by atoms with Gasteiger partial charge in [0.1, 0.15) is 17.7 Å². The first-order chi connectivity index (χ1) is 9.65.